The van der Waals surface area contributed by atoms with Crippen LogP contribution >= 0.6 is 22.6 Å². The van der Waals surface area contributed by atoms with Crippen molar-refractivity contribution >= 4 is 22.6 Å². The number of hydrogen-bond acceptors (Lipinski definition) is 3. The van der Waals surface area contributed by atoms with E-state index in [4.69, 9.17) is 0 Å². The third-order valence-electron chi connectivity index (χ3n) is 2.84. The van der Waals surface area contributed by atoms with Gasteiger partial charge in [0.1, 0.15) is 5.82 Å². The van der Waals surface area contributed by atoms with Crippen molar-refractivity contribution in [2.75, 3.05) is 0 Å². The Hall–Kier alpha value is -1.02. The zero-order valence-electron chi connectivity index (χ0n) is 9.61. The molecule has 6 heteroatoms. The summed E-state index contributed by atoms with van der Waals surface area (Å²) in [6.45, 7) is 0.626. The van der Waals surface area contributed by atoms with Crippen molar-refractivity contribution in [2.24, 2.45) is 0 Å². The van der Waals surface area contributed by atoms with Gasteiger partial charge in [-0.05, 0) is 41.5 Å². The molecule has 1 saturated carbocycles. The van der Waals surface area contributed by atoms with Crippen LogP contribution in [0.4, 0.5) is 4.39 Å². The van der Waals surface area contributed by atoms with E-state index in [1.54, 1.807) is 10.9 Å². The standard InChI is InChI=1S/C12H12FIN4/c13-9-3-8(4-15-11-1-2-11)12(16-5-9)18-7-10(14)6-17-18/h3,5-7,11,15H,1-2,4H2. The van der Waals surface area contributed by atoms with Crippen LogP contribution in [0.2, 0.25) is 0 Å². The van der Waals surface area contributed by atoms with Gasteiger partial charge in [0.2, 0.25) is 0 Å². The van der Waals surface area contributed by atoms with E-state index in [-0.39, 0.29) is 5.82 Å². The average molecular weight is 358 g/mol. The topological polar surface area (TPSA) is 42.7 Å². The summed E-state index contributed by atoms with van der Waals surface area (Å²) in [5.74, 6) is 0.376. The molecule has 0 aliphatic heterocycles. The maximum absolute atomic E-state index is 13.3. The minimum atomic E-state index is -0.312. The summed E-state index contributed by atoms with van der Waals surface area (Å²) in [5.41, 5.74) is 0.835. The predicted molar refractivity (Wildman–Crippen MR) is 73.9 cm³/mol. The maximum Gasteiger partial charge on any atom is 0.158 e. The quantitative estimate of drug-likeness (QED) is 0.853. The molecule has 18 heavy (non-hydrogen) atoms. The van der Waals surface area contributed by atoms with Crippen LogP contribution in [0, 0.1) is 9.39 Å². The Kier molecular flexibility index (Phi) is 3.29. The number of hydrogen-bond donors (Lipinski definition) is 1. The summed E-state index contributed by atoms with van der Waals surface area (Å²) >= 11 is 2.19. The highest BCUT2D eigenvalue weighted by Crippen LogP contribution is 2.21. The second-order valence-corrected chi connectivity index (χ2v) is 5.64. The first-order chi connectivity index (χ1) is 8.72. The normalized spacial score (nSPS) is 15.0. The molecular formula is C12H12FIN4. The zero-order valence-corrected chi connectivity index (χ0v) is 11.8. The number of nitrogens with one attached hydrogen (secondary N) is 1. The van der Waals surface area contributed by atoms with Crippen molar-refractivity contribution < 1.29 is 4.39 Å². The van der Waals surface area contributed by atoms with Gasteiger partial charge >= 0.3 is 0 Å². The lowest BCUT2D eigenvalue weighted by molar-refractivity contribution is 0.607. The SMILES string of the molecule is Fc1cnc(-n2cc(I)cn2)c(CNC2CC2)c1. The Morgan fingerprint density at radius 2 is 2.28 bits per heavy atom. The Balaban J connectivity index is 1.91. The molecule has 0 unspecified atom stereocenters. The number of aromatic nitrogens is 3. The highest BCUT2D eigenvalue weighted by atomic mass is 127. The summed E-state index contributed by atoms with van der Waals surface area (Å²) in [6.07, 6.45) is 7.27. The Bertz CT molecular complexity index is 565. The molecule has 2 aromatic rings. The highest BCUT2D eigenvalue weighted by Gasteiger charge is 2.21. The van der Waals surface area contributed by atoms with E-state index in [1.807, 2.05) is 6.20 Å². The van der Waals surface area contributed by atoms with Crippen molar-refractivity contribution in [3.05, 3.63) is 39.6 Å². The van der Waals surface area contributed by atoms with E-state index in [1.165, 1.54) is 25.1 Å². The number of pyridine rings is 1. The second-order valence-electron chi connectivity index (χ2n) is 4.39. The van der Waals surface area contributed by atoms with Crippen molar-refractivity contribution in [1.82, 2.24) is 20.1 Å². The van der Waals surface area contributed by atoms with Gasteiger partial charge < -0.3 is 5.32 Å². The molecule has 1 aliphatic carbocycles. The van der Waals surface area contributed by atoms with Crippen LogP contribution in [-0.4, -0.2) is 20.8 Å². The molecule has 4 nitrogen and oxygen atoms in total. The van der Waals surface area contributed by atoms with Gasteiger partial charge in [0.05, 0.1) is 16.0 Å². The smallest absolute Gasteiger partial charge is 0.158 e. The van der Waals surface area contributed by atoms with Gasteiger partial charge in [-0.3, -0.25) is 0 Å². The predicted octanol–water partition coefficient (Wildman–Crippen LogP) is 2.26. The fourth-order valence-corrected chi connectivity index (χ4v) is 2.16. The average Bonchev–Trinajstić information content (AvgIpc) is 3.08. The lowest BCUT2D eigenvalue weighted by Gasteiger charge is -2.09. The molecule has 1 N–H and O–H groups in total. The summed E-state index contributed by atoms with van der Waals surface area (Å²) in [4.78, 5) is 4.14. The van der Waals surface area contributed by atoms with Crippen LogP contribution in [0.5, 0.6) is 0 Å². The van der Waals surface area contributed by atoms with Crippen LogP contribution in [0.25, 0.3) is 5.82 Å². The van der Waals surface area contributed by atoms with Gasteiger partial charge in [-0.15, -0.1) is 0 Å². The van der Waals surface area contributed by atoms with Gasteiger partial charge in [-0.1, -0.05) is 0 Å². The third-order valence-corrected chi connectivity index (χ3v) is 3.39. The largest absolute Gasteiger partial charge is 0.310 e. The van der Waals surface area contributed by atoms with E-state index in [0.717, 1.165) is 9.13 Å². The van der Waals surface area contributed by atoms with E-state index in [2.05, 4.69) is 38.0 Å². The lowest BCUT2D eigenvalue weighted by Crippen LogP contribution is -2.18. The molecule has 0 saturated heterocycles. The Morgan fingerprint density at radius 1 is 1.44 bits per heavy atom. The number of nitrogens with zero attached hydrogens (tertiary/aromatic N) is 3. The molecule has 2 heterocycles. The molecule has 0 atom stereocenters. The van der Waals surface area contributed by atoms with Crippen LogP contribution < -0.4 is 5.32 Å². The molecule has 3 rings (SSSR count). The molecule has 0 spiro atoms. The van der Waals surface area contributed by atoms with Gasteiger partial charge in [0.25, 0.3) is 0 Å². The number of halogens is 2. The van der Waals surface area contributed by atoms with Gasteiger partial charge in [0.15, 0.2) is 5.82 Å². The van der Waals surface area contributed by atoms with Crippen molar-refractivity contribution in [2.45, 2.75) is 25.4 Å². The molecular weight excluding hydrogens is 346 g/mol. The van der Waals surface area contributed by atoms with Gasteiger partial charge in [0, 0.05) is 24.3 Å². The van der Waals surface area contributed by atoms with Crippen LogP contribution in [0.15, 0.2) is 24.7 Å². The highest BCUT2D eigenvalue weighted by molar-refractivity contribution is 14.1. The Labute approximate surface area is 118 Å². The van der Waals surface area contributed by atoms with Crippen LogP contribution in [0.1, 0.15) is 18.4 Å². The van der Waals surface area contributed by atoms with Crippen molar-refractivity contribution in [1.29, 1.82) is 0 Å². The monoisotopic (exact) mass is 358 g/mol. The van der Waals surface area contributed by atoms with E-state index < -0.39 is 0 Å². The van der Waals surface area contributed by atoms with E-state index >= 15 is 0 Å². The van der Waals surface area contributed by atoms with E-state index in [0.29, 0.717) is 18.4 Å². The fourth-order valence-electron chi connectivity index (χ4n) is 1.77. The zero-order chi connectivity index (χ0) is 12.5. The Morgan fingerprint density at radius 3 is 2.94 bits per heavy atom. The van der Waals surface area contributed by atoms with E-state index in [9.17, 15) is 4.39 Å². The van der Waals surface area contributed by atoms with Crippen molar-refractivity contribution in [3.8, 4) is 5.82 Å². The molecule has 2 aromatic heterocycles. The molecule has 0 bridgehead atoms. The molecule has 94 valence electrons. The minimum absolute atomic E-state index is 0.312. The molecule has 1 aliphatic rings. The lowest BCUT2D eigenvalue weighted by atomic mass is 10.2. The van der Waals surface area contributed by atoms with Crippen molar-refractivity contribution in [3.63, 3.8) is 0 Å². The molecule has 0 radical (unpaired) electrons. The van der Waals surface area contributed by atoms with Gasteiger partial charge in [-0.2, -0.15) is 5.10 Å². The minimum Gasteiger partial charge on any atom is -0.310 e. The first-order valence-electron chi connectivity index (χ1n) is 5.81. The fraction of sp³-hybridized carbons (Fsp3) is 0.333. The maximum atomic E-state index is 13.3. The molecule has 0 aromatic carbocycles. The summed E-state index contributed by atoms with van der Waals surface area (Å²) in [6, 6.07) is 2.10. The first-order valence-corrected chi connectivity index (χ1v) is 6.88. The summed E-state index contributed by atoms with van der Waals surface area (Å²) in [7, 11) is 0. The second kappa shape index (κ2) is 4.93. The van der Waals surface area contributed by atoms with Crippen LogP contribution in [0.3, 0.4) is 0 Å². The molecule has 1 fully saturated rings. The van der Waals surface area contributed by atoms with Crippen LogP contribution in [-0.2, 0) is 6.54 Å². The summed E-state index contributed by atoms with van der Waals surface area (Å²) in [5, 5.41) is 7.58. The first kappa shape index (κ1) is 12.0. The molecule has 0 amide bonds. The summed E-state index contributed by atoms with van der Waals surface area (Å²) < 4.78 is 16.0. The van der Waals surface area contributed by atoms with Gasteiger partial charge in [-0.25, -0.2) is 14.1 Å². The third kappa shape index (κ3) is 2.69. The number of rotatable bonds is 4.